The van der Waals surface area contributed by atoms with E-state index in [1.807, 2.05) is 14.0 Å². The van der Waals surface area contributed by atoms with E-state index in [2.05, 4.69) is 31.2 Å². The molecule has 1 aromatic heterocycles. The zero-order valence-corrected chi connectivity index (χ0v) is 12.5. The molecule has 0 radical (unpaired) electrons. The Morgan fingerprint density at radius 3 is 2.83 bits per heavy atom. The van der Waals surface area contributed by atoms with Gasteiger partial charge in [-0.1, -0.05) is 0 Å². The van der Waals surface area contributed by atoms with Crippen molar-refractivity contribution < 1.29 is 9.47 Å². The van der Waals surface area contributed by atoms with Gasteiger partial charge < -0.3 is 14.8 Å². The Balaban J connectivity index is 2.44. The Labute approximate surface area is 115 Å². The molecular weight excluding hydrogens is 298 g/mol. The smallest absolute Gasteiger partial charge is 0.162 e. The number of ether oxygens (including phenoxy) is 2. The summed E-state index contributed by atoms with van der Waals surface area (Å²) in [6, 6.07) is 0. The van der Waals surface area contributed by atoms with E-state index in [0.29, 0.717) is 6.61 Å². The lowest BCUT2D eigenvalue weighted by Gasteiger charge is -2.23. The highest BCUT2D eigenvalue weighted by Crippen LogP contribution is 2.35. The van der Waals surface area contributed by atoms with Gasteiger partial charge in [0.1, 0.15) is 11.4 Å². The van der Waals surface area contributed by atoms with Crippen LogP contribution in [0.15, 0.2) is 4.47 Å². The van der Waals surface area contributed by atoms with Crippen molar-refractivity contribution in [2.24, 2.45) is 0 Å². The minimum absolute atomic E-state index is 0.380. The molecule has 6 heteroatoms. The highest BCUT2D eigenvalue weighted by atomic mass is 79.9. The minimum Gasteiger partial charge on any atom is -0.378 e. The first-order valence-corrected chi connectivity index (χ1v) is 6.77. The minimum atomic E-state index is -0.380. The second-order valence-corrected chi connectivity index (χ2v) is 5.32. The van der Waals surface area contributed by atoms with Gasteiger partial charge in [-0.3, -0.25) is 0 Å². The van der Waals surface area contributed by atoms with Crippen LogP contribution in [0.2, 0.25) is 0 Å². The number of hydrogen-bond acceptors (Lipinski definition) is 5. The van der Waals surface area contributed by atoms with Crippen LogP contribution < -0.4 is 5.32 Å². The lowest BCUT2D eigenvalue weighted by molar-refractivity contribution is 0.00895. The van der Waals surface area contributed by atoms with Crippen molar-refractivity contribution in [2.45, 2.75) is 32.0 Å². The summed E-state index contributed by atoms with van der Waals surface area (Å²) in [5.41, 5.74) is 0.456. The van der Waals surface area contributed by atoms with Crippen LogP contribution in [-0.4, -0.2) is 30.7 Å². The molecule has 1 atom stereocenters. The normalized spacial score (nSPS) is 23.3. The number of hydrogen-bond donors (Lipinski definition) is 1. The molecule has 1 unspecified atom stereocenters. The number of nitrogens with zero attached hydrogens (tertiary/aromatic N) is 2. The number of aromatic nitrogens is 2. The molecule has 1 fully saturated rings. The van der Waals surface area contributed by atoms with Gasteiger partial charge in [-0.15, -0.1) is 0 Å². The molecule has 18 heavy (non-hydrogen) atoms. The molecular formula is C12H18BrN3O2. The highest BCUT2D eigenvalue weighted by Gasteiger charge is 2.35. The van der Waals surface area contributed by atoms with Crippen molar-refractivity contribution in [1.29, 1.82) is 0 Å². The van der Waals surface area contributed by atoms with Gasteiger partial charge >= 0.3 is 0 Å². The topological polar surface area (TPSA) is 56.3 Å². The van der Waals surface area contributed by atoms with Crippen LogP contribution in [0, 0.1) is 0 Å². The van der Waals surface area contributed by atoms with E-state index in [1.54, 1.807) is 7.11 Å². The molecule has 100 valence electrons. The maximum Gasteiger partial charge on any atom is 0.162 e. The number of halogens is 1. The van der Waals surface area contributed by atoms with Gasteiger partial charge in [-0.2, -0.15) is 0 Å². The molecule has 0 saturated carbocycles. The maximum atomic E-state index is 5.79. The number of nitrogens with one attached hydrogen (secondary N) is 1. The molecule has 2 heterocycles. The van der Waals surface area contributed by atoms with Gasteiger partial charge in [-0.25, -0.2) is 9.97 Å². The average molecular weight is 316 g/mol. The monoisotopic (exact) mass is 315 g/mol. The fourth-order valence-corrected chi connectivity index (χ4v) is 2.57. The van der Waals surface area contributed by atoms with Crippen molar-refractivity contribution in [2.75, 3.05) is 26.1 Å². The Morgan fingerprint density at radius 1 is 1.50 bits per heavy atom. The van der Waals surface area contributed by atoms with Crippen molar-refractivity contribution in [3.63, 3.8) is 0 Å². The summed E-state index contributed by atoms with van der Waals surface area (Å²) in [6.45, 7) is 3.25. The summed E-state index contributed by atoms with van der Waals surface area (Å²) >= 11 is 3.49. The summed E-state index contributed by atoms with van der Waals surface area (Å²) in [7, 11) is 3.49. The lowest BCUT2D eigenvalue weighted by atomic mass is 10.0. The summed E-state index contributed by atoms with van der Waals surface area (Å²) in [6.07, 6.45) is 1.99. The molecule has 0 spiro atoms. The molecule has 1 N–H and O–H groups in total. The molecule has 1 saturated heterocycles. The standard InChI is InChI=1S/C12H18BrN3O2/c1-12(5-4-6-18-12)11-15-8(7-17-3)9(13)10(14-2)16-11/h4-7H2,1-3H3,(H,14,15,16). The Hall–Kier alpha value is -0.720. The zero-order valence-electron chi connectivity index (χ0n) is 10.9. The Bertz CT molecular complexity index is 434. The molecule has 1 aromatic rings. The number of anilines is 1. The average Bonchev–Trinajstić information content (AvgIpc) is 2.80. The first-order valence-electron chi connectivity index (χ1n) is 5.98. The fraction of sp³-hybridized carbons (Fsp3) is 0.667. The van der Waals surface area contributed by atoms with Crippen molar-refractivity contribution in [3.8, 4) is 0 Å². The van der Waals surface area contributed by atoms with Gasteiger partial charge in [-0.05, 0) is 35.7 Å². The molecule has 0 aromatic carbocycles. The molecule has 2 rings (SSSR count). The Kier molecular flexibility index (Phi) is 4.19. The molecule has 1 aliphatic heterocycles. The van der Waals surface area contributed by atoms with Crippen LogP contribution in [0.5, 0.6) is 0 Å². The van der Waals surface area contributed by atoms with Gasteiger partial charge in [0, 0.05) is 20.8 Å². The van der Waals surface area contributed by atoms with Crippen molar-refractivity contribution >= 4 is 21.7 Å². The summed E-state index contributed by atoms with van der Waals surface area (Å²) in [5.74, 6) is 1.49. The van der Waals surface area contributed by atoms with E-state index < -0.39 is 0 Å². The lowest BCUT2D eigenvalue weighted by Crippen LogP contribution is -2.25. The van der Waals surface area contributed by atoms with E-state index in [0.717, 1.165) is 41.3 Å². The SMILES string of the molecule is CNc1nc(C2(C)CCCO2)nc(COC)c1Br. The predicted molar refractivity (Wildman–Crippen MR) is 72.5 cm³/mol. The second-order valence-electron chi connectivity index (χ2n) is 4.52. The maximum absolute atomic E-state index is 5.79. The summed E-state index contributed by atoms with van der Waals surface area (Å²) in [4.78, 5) is 9.11. The van der Waals surface area contributed by atoms with Crippen LogP contribution in [0.3, 0.4) is 0 Å². The van der Waals surface area contributed by atoms with Gasteiger partial charge in [0.15, 0.2) is 5.82 Å². The van der Waals surface area contributed by atoms with Crippen LogP contribution in [0.25, 0.3) is 0 Å². The third-order valence-corrected chi connectivity index (χ3v) is 3.96. The van der Waals surface area contributed by atoms with Crippen LogP contribution in [-0.2, 0) is 21.7 Å². The quantitative estimate of drug-likeness (QED) is 0.925. The predicted octanol–water partition coefficient (Wildman–Crippen LogP) is 2.45. The van der Waals surface area contributed by atoms with E-state index in [9.17, 15) is 0 Å². The van der Waals surface area contributed by atoms with E-state index in [1.165, 1.54) is 0 Å². The Morgan fingerprint density at radius 2 is 2.28 bits per heavy atom. The van der Waals surface area contributed by atoms with Gasteiger partial charge in [0.2, 0.25) is 0 Å². The number of methoxy groups -OCH3 is 1. The summed E-state index contributed by atoms with van der Waals surface area (Å²) in [5, 5.41) is 3.07. The van der Waals surface area contributed by atoms with Crippen LogP contribution in [0.1, 0.15) is 31.3 Å². The molecule has 5 nitrogen and oxygen atoms in total. The first kappa shape index (κ1) is 13.7. The van der Waals surface area contributed by atoms with E-state index in [4.69, 9.17) is 9.47 Å². The van der Waals surface area contributed by atoms with Gasteiger partial charge in [0.05, 0.1) is 16.8 Å². The molecule has 0 amide bonds. The van der Waals surface area contributed by atoms with E-state index in [-0.39, 0.29) is 5.60 Å². The third kappa shape index (κ3) is 2.50. The largest absolute Gasteiger partial charge is 0.378 e. The highest BCUT2D eigenvalue weighted by molar-refractivity contribution is 9.10. The van der Waals surface area contributed by atoms with Crippen molar-refractivity contribution in [1.82, 2.24) is 9.97 Å². The molecule has 0 aliphatic carbocycles. The first-order chi connectivity index (χ1) is 8.60. The van der Waals surface area contributed by atoms with E-state index >= 15 is 0 Å². The second kappa shape index (κ2) is 5.50. The van der Waals surface area contributed by atoms with Crippen LogP contribution in [0.4, 0.5) is 5.82 Å². The van der Waals surface area contributed by atoms with Crippen molar-refractivity contribution in [3.05, 3.63) is 16.0 Å². The third-order valence-electron chi connectivity index (χ3n) is 3.13. The van der Waals surface area contributed by atoms with Crippen LogP contribution >= 0.6 is 15.9 Å². The molecule has 0 bridgehead atoms. The summed E-state index contributed by atoms with van der Waals surface area (Å²) < 4.78 is 11.8. The molecule has 1 aliphatic rings. The number of rotatable bonds is 4. The van der Waals surface area contributed by atoms with Gasteiger partial charge in [0.25, 0.3) is 0 Å². The zero-order chi connectivity index (χ0) is 13.2. The fourth-order valence-electron chi connectivity index (χ4n) is 2.08.